The fourth-order valence-electron chi connectivity index (χ4n) is 1.59. The molecule has 1 aliphatic rings. The summed E-state index contributed by atoms with van der Waals surface area (Å²) < 4.78 is 25.8. The third-order valence-electron chi connectivity index (χ3n) is 2.13. The zero-order valence-electron chi connectivity index (χ0n) is 13.4. The SMILES string of the molecule is CC(C)=O.CC(CC1CC(=O)OC1=O)CS(=O)(=O)Cl.[N-]=[N+]=[N-].[Na+]. The molecule has 0 N–H and O–H groups in total. The minimum atomic E-state index is -3.56. The second kappa shape index (κ2) is 13.8. The van der Waals surface area contributed by atoms with Gasteiger partial charge < -0.3 is 20.6 Å². The van der Waals surface area contributed by atoms with E-state index in [9.17, 15) is 22.8 Å². The topological polar surface area (TPSA) is 153 Å². The standard InChI is InChI=1S/C8H11ClO5S.C3H6O.N3.Na/c1-5(4-15(9,12)13)2-6-3-7(10)14-8(6)11;1-3(2)4;1-3-2;/h5-6H,2-4H2,1H3;1-2H3;;/q;;-1;+1. The largest absolute Gasteiger partial charge is 1.00 e. The van der Waals surface area contributed by atoms with E-state index in [2.05, 4.69) is 4.74 Å². The number of ketones is 1. The van der Waals surface area contributed by atoms with Crippen LogP contribution < -0.4 is 29.6 Å². The van der Waals surface area contributed by atoms with Crippen molar-refractivity contribution in [2.24, 2.45) is 11.8 Å². The van der Waals surface area contributed by atoms with E-state index in [1.54, 1.807) is 6.92 Å². The third kappa shape index (κ3) is 19.3. The summed E-state index contributed by atoms with van der Waals surface area (Å²) in [6.45, 7) is 4.72. The van der Waals surface area contributed by atoms with Gasteiger partial charge in [-0.1, -0.05) is 6.92 Å². The Morgan fingerprint density at radius 3 is 2.04 bits per heavy atom. The Labute approximate surface area is 161 Å². The quantitative estimate of drug-likeness (QED) is 0.118. The number of Topliss-reactive ketones (excluding diaryl/α,β-unsaturated/α-hetero) is 1. The molecule has 0 aliphatic carbocycles. The van der Waals surface area contributed by atoms with Crippen LogP contribution in [0.5, 0.6) is 0 Å². The Morgan fingerprint density at radius 1 is 1.39 bits per heavy atom. The summed E-state index contributed by atoms with van der Waals surface area (Å²) in [5.41, 5.74) is 13.5. The molecule has 1 aliphatic heterocycles. The van der Waals surface area contributed by atoms with Gasteiger partial charge in [0.05, 0.1) is 18.1 Å². The molecular formula is C11H17ClN3NaO6S. The molecule has 0 aromatic carbocycles. The fraction of sp³-hybridized carbons (Fsp3) is 0.727. The van der Waals surface area contributed by atoms with Crippen molar-refractivity contribution in [1.82, 2.24) is 0 Å². The molecule has 0 aromatic rings. The predicted molar refractivity (Wildman–Crippen MR) is 79.1 cm³/mol. The van der Waals surface area contributed by atoms with Crippen LogP contribution in [0.1, 0.15) is 33.6 Å². The van der Waals surface area contributed by atoms with Gasteiger partial charge in [0, 0.05) is 10.7 Å². The summed E-state index contributed by atoms with van der Waals surface area (Å²) in [5.74, 6) is -1.95. The molecule has 0 spiro atoms. The Kier molecular flexibility index (Phi) is 16.3. The molecule has 1 heterocycles. The van der Waals surface area contributed by atoms with Crippen LogP contribution in [0.4, 0.5) is 0 Å². The molecule has 0 aromatic heterocycles. The fourth-order valence-corrected chi connectivity index (χ4v) is 3.06. The third-order valence-corrected chi connectivity index (χ3v) is 3.48. The molecule has 126 valence electrons. The number of ether oxygens (including phenoxy) is 1. The first-order valence-electron chi connectivity index (χ1n) is 6.05. The van der Waals surface area contributed by atoms with Crippen LogP contribution in [0.2, 0.25) is 0 Å². The van der Waals surface area contributed by atoms with E-state index in [4.69, 9.17) is 21.7 Å². The monoisotopic (exact) mass is 377 g/mol. The smallest absolute Gasteiger partial charge is 0.393 e. The predicted octanol–water partition coefficient (Wildman–Crippen LogP) is -0.864. The van der Waals surface area contributed by atoms with E-state index >= 15 is 0 Å². The number of esters is 2. The summed E-state index contributed by atoms with van der Waals surface area (Å²) >= 11 is 0. The average Bonchev–Trinajstić information content (AvgIpc) is 2.54. The number of halogens is 1. The minimum absolute atomic E-state index is 0. The molecule has 23 heavy (non-hydrogen) atoms. The molecule has 0 bridgehead atoms. The number of cyclic esters (lactones) is 2. The van der Waals surface area contributed by atoms with E-state index in [-0.39, 0.29) is 53.4 Å². The van der Waals surface area contributed by atoms with Crippen LogP contribution in [0, 0.1) is 11.8 Å². The molecule has 0 amide bonds. The van der Waals surface area contributed by atoms with Gasteiger partial charge in [0.15, 0.2) is 0 Å². The molecule has 1 saturated heterocycles. The molecule has 0 saturated carbocycles. The number of hydrogen-bond donors (Lipinski definition) is 0. The second-order valence-electron chi connectivity index (χ2n) is 4.74. The van der Waals surface area contributed by atoms with Crippen LogP contribution in [0.15, 0.2) is 0 Å². The minimum Gasteiger partial charge on any atom is -0.393 e. The zero-order chi connectivity index (χ0) is 17.9. The maximum absolute atomic E-state index is 11.1. The molecule has 1 fully saturated rings. The van der Waals surface area contributed by atoms with E-state index < -0.39 is 26.9 Å². The summed E-state index contributed by atoms with van der Waals surface area (Å²) in [5, 5.41) is 0. The first kappa shape index (κ1) is 27.2. The van der Waals surface area contributed by atoms with Crippen molar-refractivity contribution in [2.75, 3.05) is 5.75 Å². The maximum Gasteiger partial charge on any atom is 1.00 e. The van der Waals surface area contributed by atoms with Gasteiger partial charge in [-0.25, -0.2) is 8.42 Å². The van der Waals surface area contributed by atoms with Crippen molar-refractivity contribution in [2.45, 2.75) is 33.6 Å². The summed E-state index contributed by atoms with van der Waals surface area (Å²) in [7, 11) is 1.51. The van der Waals surface area contributed by atoms with Crippen molar-refractivity contribution in [3.63, 3.8) is 0 Å². The Bertz CT molecular complexity index is 544. The number of nitrogens with zero attached hydrogens (tertiary/aromatic N) is 3. The molecule has 2 unspecified atom stereocenters. The van der Waals surface area contributed by atoms with Gasteiger partial charge >= 0.3 is 41.5 Å². The molecule has 9 nitrogen and oxygen atoms in total. The molecule has 1 rings (SSSR count). The van der Waals surface area contributed by atoms with Crippen molar-refractivity contribution >= 4 is 37.5 Å². The number of rotatable bonds is 4. The van der Waals surface area contributed by atoms with E-state index in [0.29, 0.717) is 6.42 Å². The van der Waals surface area contributed by atoms with Gasteiger partial charge in [0.2, 0.25) is 9.05 Å². The number of carbonyl (C=O) groups is 3. The van der Waals surface area contributed by atoms with Gasteiger partial charge in [0.1, 0.15) is 5.78 Å². The normalized spacial score (nSPS) is 17.1. The average molecular weight is 378 g/mol. The first-order chi connectivity index (χ1) is 9.92. The molecule has 2 atom stereocenters. The molecular weight excluding hydrogens is 361 g/mol. The zero-order valence-corrected chi connectivity index (χ0v) is 16.9. The Balaban J connectivity index is -0.000000427. The van der Waals surface area contributed by atoms with E-state index in [0.717, 1.165) is 0 Å². The summed E-state index contributed by atoms with van der Waals surface area (Å²) in [6, 6.07) is 0. The van der Waals surface area contributed by atoms with E-state index in [1.807, 2.05) is 0 Å². The molecule has 12 heteroatoms. The van der Waals surface area contributed by atoms with Crippen molar-refractivity contribution in [3.05, 3.63) is 16.0 Å². The summed E-state index contributed by atoms with van der Waals surface area (Å²) in [6.07, 6.45) is 0.335. The van der Waals surface area contributed by atoms with Crippen LogP contribution in [-0.4, -0.2) is 31.9 Å². The van der Waals surface area contributed by atoms with Crippen LogP contribution in [-0.2, 0) is 28.2 Å². The van der Waals surface area contributed by atoms with Gasteiger partial charge in [-0.15, -0.1) is 0 Å². The van der Waals surface area contributed by atoms with E-state index in [1.165, 1.54) is 18.8 Å². The van der Waals surface area contributed by atoms with Crippen LogP contribution >= 0.6 is 10.7 Å². The Morgan fingerprint density at radius 2 is 1.78 bits per heavy atom. The maximum atomic E-state index is 11.1. The number of carbonyl (C=O) groups excluding carboxylic acids is 3. The summed E-state index contributed by atoms with van der Waals surface area (Å²) in [4.78, 5) is 32.7. The van der Waals surface area contributed by atoms with Crippen LogP contribution in [0.25, 0.3) is 16.0 Å². The van der Waals surface area contributed by atoms with Crippen molar-refractivity contribution < 1.29 is 57.1 Å². The van der Waals surface area contributed by atoms with Crippen LogP contribution in [0.3, 0.4) is 0 Å². The number of hydrogen-bond acceptors (Lipinski definition) is 6. The van der Waals surface area contributed by atoms with Crippen molar-refractivity contribution in [3.8, 4) is 0 Å². The van der Waals surface area contributed by atoms with Gasteiger partial charge in [-0.05, 0) is 26.2 Å². The Hall–Kier alpha value is -0.640. The molecule has 0 radical (unpaired) electrons. The van der Waals surface area contributed by atoms with Crippen molar-refractivity contribution in [1.29, 1.82) is 0 Å². The van der Waals surface area contributed by atoms with Gasteiger partial charge in [-0.2, -0.15) is 0 Å². The first-order valence-corrected chi connectivity index (χ1v) is 8.53. The second-order valence-corrected chi connectivity index (χ2v) is 7.56. The van der Waals surface area contributed by atoms with Gasteiger partial charge in [-0.3, -0.25) is 14.5 Å². The van der Waals surface area contributed by atoms with Gasteiger partial charge in [0.25, 0.3) is 0 Å².